The van der Waals surface area contributed by atoms with Gasteiger partial charge in [-0.15, -0.1) is 0 Å². The Morgan fingerprint density at radius 1 is 1.09 bits per heavy atom. The predicted molar refractivity (Wildman–Crippen MR) is 94.0 cm³/mol. The molecule has 0 atom stereocenters. The Kier molecular flexibility index (Phi) is 6.62. The van der Waals surface area contributed by atoms with Gasteiger partial charge >= 0.3 is 0 Å². The van der Waals surface area contributed by atoms with E-state index in [2.05, 4.69) is 18.7 Å². The second-order valence-corrected chi connectivity index (χ2v) is 8.37. The first-order valence-electron chi connectivity index (χ1n) is 7.77. The molecule has 0 unspecified atom stereocenters. The van der Waals surface area contributed by atoms with Crippen molar-refractivity contribution >= 4 is 16.4 Å². The second kappa shape index (κ2) is 7.59. The van der Waals surface area contributed by atoms with Crippen LogP contribution in [0.1, 0.15) is 50.9 Å². The Morgan fingerprint density at radius 3 is 1.91 bits per heavy atom. The standard InChI is InChI=1S/C17H29NO3S/c1-6-12-18(13-7-2)17(3,4)16(19)14-8-10-15(11-9-14)22(5,20)21/h8-11,20-21H,6-7,12-13H2,1-5H3. The van der Waals surface area contributed by atoms with E-state index in [9.17, 15) is 13.9 Å². The molecular weight excluding hydrogens is 298 g/mol. The minimum absolute atomic E-state index is 0.0635. The van der Waals surface area contributed by atoms with E-state index in [1.807, 2.05) is 13.8 Å². The van der Waals surface area contributed by atoms with Gasteiger partial charge in [-0.05, 0) is 64.0 Å². The molecule has 0 saturated carbocycles. The third-order valence-corrected chi connectivity index (χ3v) is 5.06. The van der Waals surface area contributed by atoms with E-state index >= 15 is 0 Å². The molecule has 22 heavy (non-hydrogen) atoms. The Hall–Kier alpha value is -0.880. The number of carbonyl (C=O) groups excluding carboxylic acids is 1. The fraction of sp³-hybridized carbons (Fsp3) is 0.588. The average Bonchev–Trinajstić information content (AvgIpc) is 2.45. The molecule has 2 N–H and O–H groups in total. The van der Waals surface area contributed by atoms with Crippen molar-refractivity contribution in [3.63, 3.8) is 0 Å². The van der Waals surface area contributed by atoms with Gasteiger partial charge in [0.15, 0.2) is 5.78 Å². The summed E-state index contributed by atoms with van der Waals surface area (Å²) in [6, 6.07) is 6.63. The van der Waals surface area contributed by atoms with Crippen LogP contribution < -0.4 is 0 Å². The fourth-order valence-corrected chi connectivity index (χ4v) is 3.22. The zero-order chi connectivity index (χ0) is 17.0. The zero-order valence-corrected chi connectivity index (χ0v) is 15.1. The first kappa shape index (κ1) is 19.2. The molecule has 0 fully saturated rings. The van der Waals surface area contributed by atoms with Gasteiger partial charge < -0.3 is 0 Å². The molecule has 0 aromatic heterocycles. The Bertz CT molecular complexity index is 486. The maximum absolute atomic E-state index is 12.9. The monoisotopic (exact) mass is 327 g/mol. The van der Waals surface area contributed by atoms with Crippen molar-refractivity contribution in [1.29, 1.82) is 0 Å². The highest BCUT2D eigenvalue weighted by Crippen LogP contribution is 2.43. The summed E-state index contributed by atoms with van der Waals surface area (Å²) in [5.41, 5.74) is 0.0388. The molecule has 0 aliphatic rings. The Morgan fingerprint density at radius 2 is 1.55 bits per heavy atom. The lowest BCUT2D eigenvalue weighted by molar-refractivity contribution is 0.0639. The molecule has 1 aromatic rings. The maximum atomic E-state index is 12.9. The van der Waals surface area contributed by atoms with E-state index in [0.29, 0.717) is 10.5 Å². The van der Waals surface area contributed by atoms with Crippen LogP contribution >= 0.6 is 10.6 Å². The van der Waals surface area contributed by atoms with Gasteiger partial charge in [-0.1, -0.05) is 13.8 Å². The largest absolute Gasteiger partial charge is 0.295 e. The van der Waals surface area contributed by atoms with Crippen molar-refractivity contribution in [3.8, 4) is 0 Å². The molecule has 0 spiro atoms. The topological polar surface area (TPSA) is 60.8 Å². The summed E-state index contributed by atoms with van der Waals surface area (Å²) in [6.07, 6.45) is 3.40. The van der Waals surface area contributed by atoms with Gasteiger partial charge in [-0.2, -0.15) is 10.6 Å². The lowest BCUT2D eigenvalue weighted by Crippen LogP contribution is -2.50. The van der Waals surface area contributed by atoms with Gasteiger partial charge in [0.1, 0.15) is 0 Å². The van der Waals surface area contributed by atoms with Gasteiger partial charge in [0, 0.05) is 11.8 Å². The molecule has 1 aromatic carbocycles. The molecule has 5 heteroatoms. The molecular formula is C17H29NO3S. The van der Waals surface area contributed by atoms with Crippen molar-refractivity contribution in [1.82, 2.24) is 4.90 Å². The predicted octanol–water partition coefficient (Wildman–Crippen LogP) is 4.51. The smallest absolute Gasteiger partial charge is 0.182 e. The van der Waals surface area contributed by atoms with Gasteiger partial charge in [-0.25, -0.2) is 0 Å². The van der Waals surface area contributed by atoms with E-state index in [-0.39, 0.29) is 5.78 Å². The van der Waals surface area contributed by atoms with Crippen LogP contribution in [0.5, 0.6) is 0 Å². The number of Topliss-reactive ketones (excluding diaryl/α,β-unsaturated/α-hetero) is 1. The number of hydrogen-bond donors (Lipinski definition) is 2. The van der Waals surface area contributed by atoms with Crippen LogP contribution in [-0.4, -0.2) is 44.7 Å². The van der Waals surface area contributed by atoms with Gasteiger partial charge in [0.25, 0.3) is 0 Å². The maximum Gasteiger partial charge on any atom is 0.182 e. The van der Waals surface area contributed by atoms with E-state index in [0.717, 1.165) is 25.9 Å². The average molecular weight is 327 g/mol. The lowest BCUT2D eigenvalue weighted by Gasteiger charge is -2.37. The number of nitrogens with zero attached hydrogens (tertiary/aromatic N) is 1. The number of rotatable bonds is 8. The van der Waals surface area contributed by atoms with Crippen molar-refractivity contribution in [2.75, 3.05) is 19.3 Å². The summed E-state index contributed by atoms with van der Waals surface area (Å²) in [5.74, 6) is 0.0635. The molecule has 0 bridgehead atoms. The Balaban J connectivity index is 3.02. The number of hydrogen-bond acceptors (Lipinski definition) is 4. The summed E-state index contributed by atoms with van der Waals surface area (Å²) in [5, 5.41) is 0. The van der Waals surface area contributed by atoms with Crippen molar-refractivity contribution in [3.05, 3.63) is 29.8 Å². The lowest BCUT2D eigenvalue weighted by atomic mass is 9.91. The fourth-order valence-electron chi connectivity index (χ4n) is 2.57. The minimum atomic E-state index is -2.74. The number of benzene rings is 1. The molecule has 0 heterocycles. The molecule has 4 nitrogen and oxygen atoms in total. The van der Waals surface area contributed by atoms with Gasteiger partial charge in [-0.3, -0.25) is 18.8 Å². The summed E-state index contributed by atoms with van der Waals surface area (Å²) in [7, 11) is -2.74. The summed E-state index contributed by atoms with van der Waals surface area (Å²) < 4.78 is 19.3. The molecule has 0 saturated heterocycles. The first-order valence-corrected chi connectivity index (χ1v) is 9.73. The third kappa shape index (κ3) is 4.56. The molecule has 0 aliphatic heterocycles. The molecule has 126 valence electrons. The van der Waals surface area contributed by atoms with E-state index in [4.69, 9.17) is 0 Å². The molecule has 0 aliphatic carbocycles. The second-order valence-electron chi connectivity index (χ2n) is 6.23. The SMILES string of the molecule is CCCN(CCC)C(C)(C)C(=O)c1ccc(S(C)(O)O)cc1. The quantitative estimate of drug-likeness (QED) is 0.690. The van der Waals surface area contributed by atoms with Gasteiger partial charge in [0.2, 0.25) is 0 Å². The molecule has 0 radical (unpaired) electrons. The highest BCUT2D eigenvalue weighted by molar-refractivity contribution is 8.23. The van der Waals surface area contributed by atoms with Crippen LogP contribution in [-0.2, 0) is 0 Å². The van der Waals surface area contributed by atoms with Crippen LogP contribution in [0.25, 0.3) is 0 Å². The highest BCUT2D eigenvalue weighted by Gasteiger charge is 2.34. The highest BCUT2D eigenvalue weighted by atomic mass is 32.3. The van der Waals surface area contributed by atoms with E-state index in [1.165, 1.54) is 6.26 Å². The summed E-state index contributed by atoms with van der Waals surface area (Å²) in [6.45, 7) is 9.93. The zero-order valence-electron chi connectivity index (χ0n) is 14.3. The Labute approximate surface area is 135 Å². The van der Waals surface area contributed by atoms with Crippen molar-refractivity contribution in [2.24, 2.45) is 0 Å². The van der Waals surface area contributed by atoms with E-state index in [1.54, 1.807) is 24.3 Å². The van der Waals surface area contributed by atoms with Crippen LogP contribution in [0.3, 0.4) is 0 Å². The molecule has 0 amide bonds. The van der Waals surface area contributed by atoms with Crippen LogP contribution in [0.15, 0.2) is 29.2 Å². The van der Waals surface area contributed by atoms with E-state index < -0.39 is 16.1 Å². The number of carbonyl (C=O) groups is 1. The van der Waals surface area contributed by atoms with Crippen molar-refractivity contribution in [2.45, 2.75) is 51.0 Å². The minimum Gasteiger partial charge on any atom is -0.295 e. The third-order valence-electron chi connectivity index (χ3n) is 3.90. The van der Waals surface area contributed by atoms with Crippen molar-refractivity contribution < 1.29 is 13.9 Å². The van der Waals surface area contributed by atoms with Gasteiger partial charge in [0.05, 0.1) is 10.4 Å². The van der Waals surface area contributed by atoms with Crippen LogP contribution in [0.2, 0.25) is 0 Å². The van der Waals surface area contributed by atoms with Crippen LogP contribution in [0.4, 0.5) is 0 Å². The first-order chi connectivity index (χ1) is 10.1. The van der Waals surface area contributed by atoms with Crippen LogP contribution in [0, 0.1) is 0 Å². The molecule has 1 rings (SSSR count). The normalized spacial score (nSPS) is 13.5. The number of ketones is 1. The summed E-state index contributed by atoms with van der Waals surface area (Å²) >= 11 is 0. The summed E-state index contributed by atoms with van der Waals surface area (Å²) in [4.78, 5) is 15.5.